The smallest absolute Gasteiger partial charge is 0.335 e. The van der Waals surface area contributed by atoms with Crippen molar-refractivity contribution < 1.29 is 29.0 Å². The lowest BCUT2D eigenvalue weighted by Crippen LogP contribution is -2.11. The SMILES string of the molecule is COc1cccc2cc(C(=O)Nc3cc(C(=O)O)ccc3O)oc12. The van der Waals surface area contributed by atoms with Crippen LogP contribution in [0.3, 0.4) is 0 Å². The fourth-order valence-corrected chi connectivity index (χ4v) is 2.26. The highest BCUT2D eigenvalue weighted by atomic mass is 16.5. The molecule has 0 saturated heterocycles. The molecule has 0 atom stereocenters. The molecule has 0 fully saturated rings. The van der Waals surface area contributed by atoms with Gasteiger partial charge in [0, 0.05) is 5.39 Å². The van der Waals surface area contributed by atoms with Crippen molar-refractivity contribution in [3.8, 4) is 11.5 Å². The monoisotopic (exact) mass is 327 g/mol. The molecule has 1 heterocycles. The lowest BCUT2D eigenvalue weighted by molar-refractivity contribution is 0.0696. The van der Waals surface area contributed by atoms with Crippen LogP contribution in [-0.4, -0.2) is 29.2 Å². The maximum absolute atomic E-state index is 12.3. The molecule has 2 aromatic carbocycles. The third-order valence-electron chi connectivity index (χ3n) is 3.44. The molecule has 122 valence electrons. The first-order chi connectivity index (χ1) is 11.5. The zero-order valence-electron chi connectivity index (χ0n) is 12.6. The summed E-state index contributed by atoms with van der Waals surface area (Å²) in [7, 11) is 1.49. The van der Waals surface area contributed by atoms with E-state index in [1.807, 2.05) is 0 Å². The fourth-order valence-electron chi connectivity index (χ4n) is 2.26. The van der Waals surface area contributed by atoms with Crippen molar-refractivity contribution >= 4 is 28.5 Å². The quantitative estimate of drug-likeness (QED) is 0.635. The maximum atomic E-state index is 12.3. The summed E-state index contributed by atoms with van der Waals surface area (Å²) in [6.07, 6.45) is 0. The minimum atomic E-state index is -1.17. The summed E-state index contributed by atoms with van der Waals surface area (Å²) in [4.78, 5) is 23.3. The van der Waals surface area contributed by atoms with Crippen LogP contribution < -0.4 is 10.1 Å². The number of nitrogens with one attached hydrogen (secondary N) is 1. The van der Waals surface area contributed by atoms with E-state index in [2.05, 4.69) is 5.32 Å². The van der Waals surface area contributed by atoms with E-state index in [9.17, 15) is 14.7 Å². The van der Waals surface area contributed by atoms with Gasteiger partial charge in [-0.1, -0.05) is 12.1 Å². The average molecular weight is 327 g/mol. The first-order valence-corrected chi connectivity index (χ1v) is 6.94. The van der Waals surface area contributed by atoms with Gasteiger partial charge >= 0.3 is 5.97 Å². The summed E-state index contributed by atoms with van der Waals surface area (Å²) in [6.45, 7) is 0. The Bertz CT molecular complexity index is 943. The Kier molecular flexibility index (Phi) is 3.83. The van der Waals surface area contributed by atoms with Gasteiger partial charge in [0.05, 0.1) is 18.4 Å². The van der Waals surface area contributed by atoms with Crippen molar-refractivity contribution in [3.63, 3.8) is 0 Å². The molecule has 0 unspecified atom stereocenters. The number of methoxy groups -OCH3 is 1. The highest BCUT2D eigenvalue weighted by Gasteiger charge is 2.17. The number of carboxylic acid groups (broad SMARTS) is 1. The Hall–Kier alpha value is -3.48. The molecule has 0 aliphatic rings. The summed E-state index contributed by atoms with van der Waals surface area (Å²) in [5, 5.41) is 21.9. The Morgan fingerprint density at radius 2 is 1.96 bits per heavy atom. The van der Waals surface area contributed by atoms with Crippen molar-refractivity contribution in [2.24, 2.45) is 0 Å². The van der Waals surface area contributed by atoms with Crippen molar-refractivity contribution in [1.29, 1.82) is 0 Å². The molecule has 0 saturated carbocycles. The molecule has 0 aliphatic carbocycles. The molecular formula is C17H13NO6. The molecule has 3 aromatic rings. The zero-order valence-corrected chi connectivity index (χ0v) is 12.6. The van der Waals surface area contributed by atoms with E-state index in [-0.39, 0.29) is 22.8 Å². The number of phenolic OH excluding ortho intramolecular Hbond substituents is 1. The normalized spacial score (nSPS) is 10.5. The van der Waals surface area contributed by atoms with Crippen LogP contribution >= 0.6 is 0 Å². The van der Waals surface area contributed by atoms with Crippen LogP contribution in [0.5, 0.6) is 11.5 Å². The Morgan fingerprint density at radius 3 is 2.67 bits per heavy atom. The zero-order chi connectivity index (χ0) is 17.3. The average Bonchev–Trinajstić information content (AvgIpc) is 3.00. The van der Waals surface area contributed by atoms with E-state index in [0.29, 0.717) is 16.7 Å². The number of furan rings is 1. The van der Waals surface area contributed by atoms with Crippen LogP contribution in [0.1, 0.15) is 20.9 Å². The Balaban J connectivity index is 1.93. The number of carbonyl (C=O) groups excluding carboxylic acids is 1. The molecule has 3 rings (SSSR count). The molecule has 1 amide bonds. The number of amides is 1. The number of carboxylic acids is 1. The van der Waals surface area contributed by atoms with Gasteiger partial charge in [-0.15, -0.1) is 0 Å². The lowest BCUT2D eigenvalue weighted by Gasteiger charge is -2.06. The van der Waals surface area contributed by atoms with Crippen LogP contribution in [0, 0.1) is 0 Å². The summed E-state index contributed by atoms with van der Waals surface area (Å²) in [5.41, 5.74) is 0.343. The highest BCUT2D eigenvalue weighted by molar-refractivity contribution is 6.06. The minimum absolute atomic E-state index is 0.00891. The number of benzene rings is 2. The highest BCUT2D eigenvalue weighted by Crippen LogP contribution is 2.30. The number of para-hydroxylation sites is 1. The topological polar surface area (TPSA) is 109 Å². The summed E-state index contributed by atoms with van der Waals surface area (Å²) in [5.74, 6) is -1.54. The van der Waals surface area contributed by atoms with Gasteiger partial charge in [-0.25, -0.2) is 4.79 Å². The Morgan fingerprint density at radius 1 is 1.17 bits per heavy atom. The number of ether oxygens (including phenoxy) is 1. The Labute approximate surface area is 136 Å². The molecule has 7 heteroatoms. The molecule has 0 aliphatic heterocycles. The second kappa shape index (κ2) is 5.96. The predicted octanol–water partition coefficient (Wildman–Crippen LogP) is 3.10. The largest absolute Gasteiger partial charge is 0.506 e. The van der Waals surface area contributed by atoms with Gasteiger partial charge in [0.15, 0.2) is 17.1 Å². The number of fused-ring (bicyclic) bond motifs is 1. The fraction of sp³-hybridized carbons (Fsp3) is 0.0588. The summed E-state index contributed by atoms with van der Waals surface area (Å²) in [6, 6.07) is 10.4. The number of phenols is 1. The number of hydrogen-bond donors (Lipinski definition) is 3. The molecule has 7 nitrogen and oxygen atoms in total. The van der Waals surface area contributed by atoms with Crippen LogP contribution in [-0.2, 0) is 0 Å². The van der Waals surface area contributed by atoms with E-state index in [0.717, 1.165) is 0 Å². The van der Waals surface area contributed by atoms with Crippen molar-refractivity contribution in [2.75, 3.05) is 12.4 Å². The number of anilines is 1. The number of carbonyl (C=O) groups is 2. The third kappa shape index (κ3) is 2.74. The van der Waals surface area contributed by atoms with Gasteiger partial charge in [0.2, 0.25) is 0 Å². The number of aromatic hydroxyl groups is 1. The molecule has 0 bridgehead atoms. The van der Waals surface area contributed by atoms with Gasteiger partial charge in [-0.05, 0) is 30.3 Å². The van der Waals surface area contributed by atoms with Crippen molar-refractivity contribution in [3.05, 3.63) is 53.8 Å². The van der Waals surface area contributed by atoms with Gasteiger partial charge in [-0.2, -0.15) is 0 Å². The minimum Gasteiger partial charge on any atom is -0.506 e. The second-order valence-electron chi connectivity index (χ2n) is 4.98. The van der Waals surface area contributed by atoms with Crippen molar-refractivity contribution in [1.82, 2.24) is 0 Å². The first kappa shape index (κ1) is 15.4. The number of rotatable bonds is 4. The predicted molar refractivity (Wildman–Crippen MR) is 85.8 cm³/mol. The summed E-state index contributed by atoms with van der Waals surface area (Å²) < 4.78 is 10.7. The van der Waals surface area contributed by atoms with Gasteiger partial charge < -0.3 is 24.7 Å². The maximum Gasteiger partial charge on any atom is 0.335 e. The molecule has 3 N–H and O–H groups in total. The van der Waals surface area contributed by atoms with Gasteiger partial charge in [-0.3, -0.25) is 4.79 Å². The van der Waals surface area contributed by atoms with E-state index in [1.165, 1.54) is 31.4 Å². The third-order valence-corrected chi connectivity index (χ3v) is 3.44. The van der Waals surface area contributed by atoms with E-state index in [4.69, 9.17) is 14.3 Å². The molecule has 0 radical (unpaired) electrons. The van der Waals surface area contributed by atoms with E-state index < -0.39 is 11.9 Å². The van der Waals surface area contributed by atoms with Crippen LogP contribution in [0.25, 0.3) is 11.0 Å². The second-order valence-corrected chi connectivity index (χ2v) is 4.98. The molecule has 0 spiro atoms. The van der Waals surface area contributed by atoms with Gasteiger partial charge in [0.25, 0.3) is 5.91 Å². The van der Waals surface area contributed by atoms with Crippen LogP contribution in [0.15, 0.2) is 46.9 Å². The molecule has 24 heavy (non-hydrogen) atoms. The molecular weight excluding hydrogens is 314 g/mol. The molecule has 1 aromatic heterocycles. The standard InChI is InChI=1S/C17H13NO6/c1-23-13-4-2-3-9-8-14(24-15(9)13)16(20)18-11-7-10(17(21)22)5-6-12(11)19/h2-8,19H,1H3,(H,18,20)(H,21,22). The van der Waals surface area contributed by atoms with E-state index in [1.54, 1.807) is 18.2 Å². The van der Waals surface area contributed by atoms with Crippen LogP contribution in [0.4, 0.5) is 5.69 Å². The lowest BCUT2D eigenvalue weighted by atomic mass is 10.2. The summed E-state index contributed by atoms with van der Waals surface area (Å²) >= 11 is 0. The van der Waals surface area contributed by atoms with Gasteiger partial charge in [0.1, 0.15) is 5.75 Å². The van der Waals surface area contributed by atoms with Crippen LogP contribution in [0.2, 0.25) is 0 Å². The number of hydrogen-bond acceptors (Lipinski definition) is 5. The van der Waals surface area contributed by atoms with E-state index >= 15 is 0 Å². The van der Waals surface area contributed by atoms with Crippen molar-refractivity contribution in [2.45, 2.75) is 0 Å². The first-order valence-electron chi connectivity index (χ1n) is 6.94. The number of aromatic carboxylic acids is 1.